The van der Waals surface area contributed by atoms with Gasteiger partial charge < -0.3 is 4.74 Å². The zero-order chi connectivity index (χ0) is 8.53. The molecule has 0 amide bonds. The van der Waals surface area contributed by atoms with Crippen molar-refractivity contribution in [3.05, 3.63) is 0 Å². The second kappa shape index (κ2) is 8.85. The maximum atomic E-state index is 5.70. The highest BCUT2D eigenvalue weighted by atomic mass is 35.7. The van der Waals surface area contributed by atoms with Crippen LogP contribution in [0.2, 0.25) is 6.04 Å². The maximum absolute atomic E-state index is 5.70. The molecule has 0 heterocycles. The van der Waals surface area contributed by atoms with Crippen LogP contribution in [0.15, 0.2) is 0 Å². The second-order valence-corrected chi connectivity index (χ2v) is 7.78. The Balaban J connectivity index is 2.80. The van der Waals surface area contributed by atoms with Gasteiger partial charge in [0.05, 0.1) is 0 Å². The van der Waals surface area contributed by atoms with Crippen LogP contribution in [-0.2, 0) is 4.74 Å². The lowest BCUT2D eigenvalue weighted by molar-refractivity contribution is 0.192. The van der Waals surface area contributed by atoms with Crippen LogP contribution in [0.1, 0.15) is 25.7 Å². The summed E-state index contributed by atoms with van der Waals surface area (Å²) in [5, 5.41) is 0. The smallest absolute Gasteiger partial charge is 0.237 e. The van der Waals surface area contributed by atoms with Crippen LogP contribution in [0.5, 0.6) is 0 Å². The van der Waals surface area contributed by atoms with E-state index in [1.165, 1.54) is 19.3 Å². The van der Waals surface area contributed by atoms with E-state index in [0.29, 0.717) is 0 Å². The van der Waals surface area contributed by atoms with Crippen LogP contribution in [0, 0.1) is 0 Å². The van der Waals surface area contributed by atoms with Crippen LogP contribution >= 0.6 is 22.2 Å². The summed E-state index contributed by atoms with van der Waals surface area (Å²) in [6.07, 6.45) is 4.83. The van der Waals surface area contributed by atoms with Crippen LogP contribution < -0.4 is 0 Å². The van der Waals surface area contributed by atoms with Crippen molar-refractivity contribution in [2.45, 2.75) is 31.7 Å². The van der Waals surface area contributed by atoms with E-state index in [-0.39, 0.29) is 0 Å². The summed E-state index contributed by atoms with van der Waals surface area (Å²) >= 11 is 11.4. The van der Waals surface area contributed by atoms with E-state index in [4.69, 9.17) is 26.9 Å². The molecule has 0 aromatic rings. The van der Waals surface area contributed by atoms with Gasteiger partial charge in [0, 0.05) is 13.7 Å². The molecule has 0 aliphatic rings. The third-order valence-electron chi connectivity index (χ3n) is 1.52. The molecule has 0 saturated heterocycles. The predicted molar refractivity (Wildman–Crippen MR) is 54.0 cm³/mol. The minimum absolute atomic E-state index is 0.878. The number of unbranched alkanes of at least 4 members (excludes halogenated alkanes) is 3. The average molecular weight is 215 g/mol. The van der Waals surface area contributed by atoms with E-state index >= 15 is 0 Å². The molecule has 0 unspecified atom stereocenters. The minimum atomic E-state index is -1.32. The molecule has 0 saturated carbocycles. The lowest BCUT2D eigenvalue weighted by Crippen LogP contribution is -1.92. The lowest BCUT2D eigenvalue weighted by atomic mass is 10.2. The molecule has 1 nitrogen and oxygen atoms in total. The molecule has 0 rings (SSSR count). The van der Waals surface area contributed by atoms with Crippen molar-refractivity contribution in [1.82, 2.24) is 0 Å². The van der Waals surface area contributed by atoms with Gasteiger partial charge in [-0.05, 0) is 12.5 Å². The fourth-order valence-corrected chi connectivity index (χ4v) is 2.42. The standard InChI is InChI=1S/C7H16Cl2OSi/c1-10-6-4-2-3-5-7-11(8)9/h11H,2-7H2,1H3. The fourth-order valence-electron chi connectivity index (χ4n) is 0.899. The Hall–Kier alpha value is 0.757. The molecule has 4 heteroatoms. The summed E-state index contributed by atoms with van der Waals surface area (Å²) in [6, 6.07) is 1.05. The zero-order valence-corrected chi connectivity index (χ0v) is 9.65. The number of ether oxygens (including phenoxy) is 1. The number of hydrogen-bond acceptors (Lipinski definition) is 1. The number of rotatable bonds is 7. The van der Waals surface area contributed by atoms with Gasteiger partial charge in [-0.3, -0.25) is 0 Å². The highest BCUT2D eigenvalue weighted by Gasteiger charge is 1.99. The molecule has 11 heavy (non-hydrogen) atoms. The van der Waals surface area contributed by atoms with Gasteiger partial charge in [0.15, 0.2) is 0 Å². The van der Waals surface area contributed by atoms with Crippen molar-refractivity contribution in [3.63, 3.8) is 0 Å². The molecule has 0 radical (unpaired) electrons. The van der Waals surface area contributed by atoms with Crippen molar-refractivity contribution in [3.8, 4) is 0 Å². The van der Waals surface area contributed by atoms with E-state index in [2.05, 4.69) is 0 Å². The number of methoxy groups -OCH3 is 1. The van der Waals surface area contributed by atoms with E-state index in [1.807, 2.05) is 0 Å². The molecule has 0 aromatic carbocycles. The van der Waals surface area contributed by atoms with E-state index in [1.54, 1.807) is 7.11 Å². The second-order valence-electron chi connectivity index (χ2n) is 2.59. The Morgan fingerprint density at radius 3 is 2.27 bits per heavy atom. The van der Waals surface area contributed by atoms with Crippen molar-refractivity contribution in [2.75, 3.05) is 13.7 Å². The summed E-state index contributed by atoms with van der Waals surface area (Å²) in [7, 11) is 0.420. The lowest BCUT2D eigenvalue weighted by Gasteiger charge is -2.00. The maximum Gasteiger partial charge on any atom is 0.237 e. The topological polar surface area (TPSA) is 9.23 Å². The SMILES string of the molecule is COCCCCCC[SiH](Cl)Cl. The van der Waals surface area contributed by atoms with Gasteiger partial charge in [-0.1, -0.05) is 19.3 Å². The molecule has 0 spiro atoms. The van der Waals surface area contributed by atoms with Gasteiger partial charge in [0.1, 0.15) is 0 Å². The van der Waals surface area contributed by atoms with E-state index < -0.39 is 7.42 Å². The fraction of sp³-hybridized carbons (Fsp3) is 1.00. The van der Waals surface area contributed by atoms with Crippen molar-refractivity contribution >= 4 is 29.6 Å². The van der Waals surface area contributed by atoms with Gasteiger partial charge >= 0.3 is 0 Å². The Morgan fingerprint density at radius 2 is 1.73 bits per heavy atom. The Kier molecular flexibility index (Phi) is 9.46. The van der Waals surface area contributed by atoms with Crippen molar-refractivity contribution in [1.29, 1.82) is 0 Å². The number of hydrogen-bond donors (Lipinski definition) is 0. The molecule has 0 fully saturated rings. The largest absolute Gasteiger partial charge is 0.385 e. The first-order valence-electron chi connectivity index (χ1n) is 4.04. The Bertz CT molecular complexity index is 80.8. The van der Waals surface area contributed by atoms with Crippen LogP contribution in [0.3, 0.4) is 0 Å². The average Bonchev–Trinajstić information content (AvgIpc) is 1.96. The number of halogens is 2. The summed E-state index contributed by atoms with van der Waals surface area (Å²) in [5.41, 5.74) is 0. The summed E-state index contributed by atoms with van der Waals surface area (Å²) in [6.45, 7) is 0.878. The Labute approximate surface area is 80.0 Å². The molecule has 0 aliphatic heterocycles. The molecule has 0 aliphatic carbocycles. The summed E-state index contributed by atoms with van der Waals surface area (Å²) in [4.78, 5) is 0. The Morgan fingerprint density at radius 1 is 1.09 bits per heavy atom. The van der Waals surface area contributed by atoms with Crippen molar-refractivity contribution in [2.24, 2.45) is 0 Å². The van der Waals surface area contributed by atoms with Gasteiger partial charge in [-0.15, -0.1) is 0 Å². The normalized spacial score (nSPS) is 10.9. The quantitative estimate of drug-likeness (QED) is 0.360. The van der Waals surface area contributed by atoms with Gasteiger partial charge in [0.2, 0.25) is 7.42 Å². The first-order chi connectivity index (χ1) is 5.27. The molecule has 0 N–H and O–H groups in total. The van der Waals surface area contributed by atoms with Gasteiger partial charge in [-0.2, -0.15) is 22.2 Å². The predicted octanol–water partition coefficient (Wildman–Crippen LogP) is 2.89. The summed E-state index contributed by atoms with van der Waals surface area (Å²) in [5.74, 6) is 0. The van der Waals surface area contributed by atoms with Crippen molar-refractivity contribution < 1.29 is 4.74 Å². The molecule has 0 aromatic heterocycles. The van der Waals surface area contributed by atoms with Gasteiger partial charge in [0.25, 0.3) is 0 Å². The van der Waals surface area contributed by atoms with E-state index in [9.17, 15) is 0 Å². The molecular formula is C7H16Cl2OSi. The van der Waals surface area contributed by atoms with Crippen LogP contribution in [-0.4, -0.2) is 21.1 Å². The molecule has 0 atom stereocenters. The molecular weight excluding hydrogens is 199 g/mol. The molecule has 0 bridgehead atoms. The zero-order valence-electron chi connectivity index (χ0n) is 6.98. The van der Waals surface area contributed by atoms with Crippen LogP contribution in [0.25, 0.3) is 0 Å². The summed E-state index contributed by atoms with van der Waals surface area (Å²) < 4.78 is 4.93. The third-order valence-corrected chi connectivity index (χ3v) is 3.67. The van der Waals surface area contributed by atoms with E-state index in [0.717, 1.165) is 19.1 Å². The minimum Gasteiger partial charge on any atom is -0.385 e. The first kappa shape index (κ1) is 11.8. The molecule has 68 valence electrons. The highest BCUT2D eigenvalue weighted by Crippen LogP contribution is 2.10. The third kappa shape index (κ3) is 10.8. The monoisotopic (exact) mass is 214 g/mol. The van der Waals surface area contributed by atoms with Gasteiger partial charge in [-0.25, -0.2) is 0 Å². The highest BCUT2D eigenvalue weighted by molar-refractivity contribution is 7.33. The first-order valence-corrected chi connectivity index (χ1v) is 8.35. The van der Waals surface area contributed by atoms with Crippen LogP contribution in [0.4, 0.5) is 0 Å².